The molecular formula is C13H15BrN4O2S. The van der Waals surface area contributed by atoms with Crippen LogP contribution in [0, 0.1) is 0 Å². The van der Waals surface area contributed by atoms with Crippen LogP contribution in [-0.2, 0) is 10.0 Å². The molecule has 0 aromatic carbocycles. The van der Waals surface area contributed by atoms with Crippen molar-refractivity contribution in [1.29, 1.82) is 0 Å². The second kappa shape index (κ2) is 6.86. The molecule has 0 fully saturated rings. The molecule has 21 heavy (non-hydrogen) atoms. The third-order valence-corrected chi connectivity index (χ3v) is 4.60. The number of hydrogen-bond donors (Lipinski definition) is 2. The smallest absolute Gasteiger partial charge is 0.263 e. The maximum Gasteiger partial charge on any atom is 0.263 e. The Morgan fingerprint density at radius 3 is 2.67 bits per heavy atom. The summed E-state index contributed by atoms with van der Waals surface area (Å²) in [7, 11) is -3.67. The van der Waals surface area contributed by atoms with Gasteiger partial charge in [0.1, 0.15) is 10.7 Å². The first-order valence-electron chi connectivity index (χ1n) is 6.35. The van der Waals surface area contributed by atoms with E-state index >= 15 is 0 Å². The van der Waals surface area contributed by atoms with Crippen LogP contribution >= 0.6 is 15.9 Å². The number of anilines is 2. The van der Waals surface area contributed by atoms with Gasteiger partial charge >= 0.3 is 0 Å². The van der Waals surface area contributed by atoms with Crippen LogP contribution in [0.1, 0.15) is 13.3 Å². The van der Waals surface area contributed by atoms with Gasteiger partial charge in [-0.15, -0.1) is 0 Å². The molecule has 112 valence electrons. The molecule has 0 radical (unpaired) electrons. The number of rotatable bonds is 6. The van der Waals surface area contributed by atoms with Gasteiger partial charge in [-0.05, 0) is 40.5 Å². The molecule has 0 aliphatic heterocycles. The van der Waals surface area contributed by atoms with Crippen molar-refractivity contribution in [2.45, 2.75) is 18.2 Å². The summed E-state index contributed by atoms with van der Waals surface area (Å²) in [5.74, 6) is 0.654. The lowest BCUT2D eigenvalue weighted by Crippen LogP contribution is -2.14. The number of halogens is 1. The van der Waals surface area contributed by atoms with E-state index in [9.17, 15) is 8.42 Å². The largest absolute Gasteiger partial charge is 0.370 e. The van der Waals surface area contributed by atoms with Crippen LogP contribution in [0.15, 0.2) is 46.2 Å². The Hall–Kier alpha value is -1.67. The Balaban J connectivity index is 2.18. The van der Waals surface area contributed by atoms with Gasteiger partial charge in [0.2, 0.25) is 0 Å². The minimum Gasteiger partial charge on any atom is -0.370 e. The van der Waals surface area contributed by atoms with Gasteiger partial charge in [0.25, 0.3) is 10.0 Å². The first-order chi connectivity index (χ1) is 10.0. The highest BCUT2D eigenvalue weighted by Crippen LogP contribution is 2.23. The Morgan fingerprint density at radius 1 is 1.24 bits per heavy atom. The van der Waals surface area contributed by atoms with Gasteiger partial charge in [0, 0.05) is 25.1 Å². The third kappa shape index (κ3) is 4.15. The molecule has 0 aliphatic rings. The monoisotopic (exact) mass is 370 g/mol. The van der Waals surface area contributed by atoms with Gasteiger partial charge in [-0.25, -0.2) is 13.4 Å². The molecule has 6 nitrogen and oxygen atoms in total. The zero-order valence-corrected chi connectivity index (χ0v) is 13.8. The summed E-state index contributed by atoms with van der Waals surface area (Å²) >= 11 is 3.25. The maximum atomic E-state index is 12.3. The minimum absolute atomic E-state index is 0.105. The van der Waals surface area contributed by atoms with Gasteiger partial charge in [-0.1, -0.05) is 6.92 Å². The van der Waals surface area contributed by atoms with Crippen molar-refractivity contribution >= 4 is 37.5 Å². The molecule has 2 aromatic heterocycles. The van der Waals surface area contributed by atoms with Crippen molar-refractivity contribution in [3.8, 4) is 0 Å². The van der Waals surface area contributed by atoms with E-state index < -0.39 is 10.0 Å². The van der Waals surface area contributed by atoms with Crippen LogP contribution in [0.5, 0.6) is 0 Å². The minimum atomic E-state index is -3.67. The summed E-state index contributed by atoms with van der Waals surface area (Å²) in [5, 5.41) is 3.09. The van der Waals surface area contributed by atoms with E-state index in [1.807, 2.05) is 6.92 Å². The molecule has 0 spiro atoms. The fourth-order valence-corrected chi connectivity index (χ4v) is 3.06. The van der Waals surface area contributed by atoms with Crippen LogP contribution in [-0.4, -0.2) is 24.9 Å². The lowest BCUT2D eigenvalue weighted by Gasteiger charge is -2.10. The number of nitrogens with one attached hydrogen (secondary N) is 2. The van der Waals surface area contributed by atoms with Crippen LogP contribution in [0.4, 0.5) is 11.5 Å². The normalized spacial score (nSPS) is 11.1. The molecule has 0 saturated carbocycles. The highest BCUT2D eigenvalue weighted by atomic mass is 79.9. The Morgan fingerprint density at radius 2 is 2.05 bits per heavy atom. The van der Waals surface area contributed by atoms with Gasteiger partial charge in [0.05, 0.1) is 10.2 Å². The highest BCUT2D eigenvalue weighted by molar-refractivity contribution is 9.10. The average molecular weight is 371 g/mol. The number of nitrogens with zero attached hydrogens (tertiary/aromatic N) is 2. The van der Waals surface area contributed by atoms with Crippen LogP contribution in [0.2, 0.25) is 0 Å². The van der Waals surface area contributed by atoms with Crippen LogP contribution < -0.4 is 10.0 Å². The molecule has 2 rings (SSSR count). The predicted molar refractivity (Wildman–Crippen MR) is 85.8 cm³/mol. The fraction of sp³-hybridized carbons (Fsp3) is 0.231. The van der Waals surface area contributed by atoms with Crippen molar-refractivity contribution in [2.24, 2.45) is 0 Å². The SMILES string of the molecule is CCCNc1ccc(S(=O)(=O)Nc2ccncc2Br)cn1. The molecular weight excluding hydrogens is 356 g/mol. The van der Waals surface area contributed by atoms with E-state index in [4.69, 9.17) is 0 Å². The Kier molecular flexibility index (Phi) is 5.13. The number of sulfonamides is 1. The molecule has 0 bridgehead atoms. The standard InChI is InChI=1S/C13H15BrN4O2S/c1-2-6-16-13-4-3-10(8-17-13)21(19,20)18-12-5-7-15-9-11(12)14/h3-5,7-9H,2,6H2,1H3,(H,15,18)(H,16,17). The molecule has 2 aromatic rings. The zero-order chi connectivity index (χ0) is 15.3. The quantitative estimate of drug-likeness (QED) is 0.816. The average Bonchev–Trinajstić information content (AvgIpc) is 2.48. The molecule has 0 unspecified atom stereocenters. The van der Waals surface area contributed by atoms with Crippen molar-refractivity contribution in [3.05, 3.63) is 41.3 Å². The first kappa shape index (κ1) is 15.7. The topological polar surface area (TPSA) is 84.0 Å². The first-order valence-corrected chi connectivity index (χ1v) is 8.63. The Labute approximate surface area is 132 Å². The number of pyridine rings is 2. The van der Waals surface area contributed by atoms with Crippen LogP contribution in [0.25, 0.3) is 0 Å². The van der Waals surface area contributed by atoms with Crippen molar-refractivity contribution < 1.29 is 8.42 Å². The molecule has 2 heterocycles. The van der Waals surface area contributed by atoms with Gasteiger partial charge in [0.15, 0.2) is 0 Å². The van der Waals surface area contributed by atoms with Gasteiger partial charge < -0.3 is 5.32 Å². The lowest BCUT2D eigenvalue weighted by atomic mass is 10.4. The molecule has 0 amide bonds. The predicted octanol–water partition coefficient (Wildman–Crippen LogP) is 2.86. The number of aromatic nitrogens is 2. The van der Waals surface area contributed by atoms with Crippen molar-refractivity contribution in [2.75, 3.05) is 16.6 Å². The van der Waals surface area contributed by atoms with E-state index in [2.05, 4.69) is 35.9 Å². The molecule has 0 atom stereocenters. The lowest BCUT2D eigenvalue weighted by molar-refractivity contribution is 0.601. The number of hydrogen-bond acceptors (Lipinski definition) is 5. The molecule has 0 saturated heterocycles. The second-order valence-corrected chi connectivity index (χ2v) is 6.80. The third-order valence-electron chi connectivity index (χ3n) is 2.62. The second-order valence-electron chi connectivity index (χ2n) is 4.27. The molecule has 8 heteroatoms. The Bertz CT molecular complexity index is 704. The van der Waals surface area contributed by atoms with Gasteiger partial charge in [-0.2, -0.15) is 0 Å². The van der Waals surface area contributed by atoms with Crippen molar-refractivity contribution in [3.63, 3.8) is 0 Å². The summed E-state index contributed by atoms with van der Waals surface area (Å²) in [4.78, 5) is 8.08. The van der Waals surface area contributed by atoms with E-state index in [-0.39, 0.29) is 4.90 Å². The van der Waals surface area contributed by atoms with Crippen LogP contribution in [0.3, 0.4) is 0 Å². The highest BCUT2D eigenvalue weighted by Gasteiger charge is 2.16. The maximum absolute atomic E-state index is 12.3. The van der Waals surface area contributed by atoms with E-state index in [1.165, 1.54) is 24.7 Å². The fourth-order valence-electron chi connectivity index (χ4n) is 1.56. The molecule has 0 aliphatic carbocycles. The van der Waals surface area contributed by atoms with E-state index in [0.29, 0.717) is 16.0 Å². The van der Waals surface area contributed by atoms with Gasteiger partial charge in [-0.3, -0.25) is 9.71 Å². The molecule has 2 N–H and O–H groups in total. The zero-order valence-electron chi connectivity index (χ0n) is 11.4. The van der Waals surface area contributed by atoms with Crippen molar-refractivity contribution in [1.82, 2.24) is 9.97 Å². The summed E-state index contributed by atoms with van der Waals surface area (Å²) in [5.41, 5.74) is 0.429. The summed E-state index contributed by atoms with van der Waals surface area (Å²) < 4.78 is 27.6. The van der Waals surface area contributed by atoms with E-state index in [0.717, 1.165) is 13.0 Å². The summed E-state index contributed by atoms with van der Waals surface area (Å²) in [6.45, 7) is 2.84. The van der Waals surface area contributed by atoms with E-state index in [1.54, 1.807) is 12.1 Å². The summed E-state index contributed by atoms with van der Waals surface area (Å²) in [6, 6.07) is 4.74. The summed E-state index contributed by atoms with van der Waals surface area (Å²) in [6.07, 6.45) is 5.33.